The zero-order valence-corrected chi connectivity index (χ0v) is 11.8. The van der Waals surface area contributed by atoms with Crippen LogP contribution in [0.2, 0.25) is 0 Å². The minimum atomic E-state index is -4.47. The van der Waals surface area contributed by atoms with Crippen molar-refractivity contribution in [3.63, 3.8) is 0 Å². The highest BCUT2D eigenvalue weighted by atomic mass is 19.4. The Morgan fingerprint density at radius 1 is 1.29 bits per heavy atom. The van der Waals surface area contributed by atoms with Gasteiger partial charge in [0.25, 0.3) is 0 Å². The molecule has 1 aromatic rings. The molecule has 0 unspecified atom stereocenters. The quantitative estimate of drug-likeness (QED) is 0.861. The molecule has 2 rings (SSSR count). The fraction of sp³-hybridized carbons (Fsp3) is 0.600. The molecular weight excluding hydrogens is 286 g/mol. The van der Waals surface area contributed by atoms with E-state index in [1.807, 2.05) is 0 Å². The normalized spacial score (nSPS) is 23.0. The Balaban J connectivity index is 2.04. The predicted octanol–water partition coefficient (Wildman–Crippen LogP) is 3.44. The molecule has 21 heavy (non-hydrogen) atoms. The van der Waals surface area contributed by atoms with Crippen LogP contribution < -0.4 is 0 Å². The van der Waals surface area contributed by atoms with Crippen molar-refractivity contribution in [3.8, 4) is 0 Å². The summed E-state index contributed by atoms with van der Waals surface area (Å²) in [7, 11) is 1.73. The van der Waals surface area contributed by atoms with Gasteiger partial charge in [0.15, 0.2) is 0 Å². The number of benzene rings is 1. The van der Waals surface area contributed by atoms with Gasteiger partial charge in [-0.25, -0.2) is 4.39 Å². The van der Waals surface area contributed by atoms with Gasteiger partial charge in [-0.3, -0.25) is 0 Å². The van der Waals surface area contributed by atoms with Crippen LogP contribution in [0.25, 0.3) is 0 Å². The molecule has 1 aliphatic carbocycles. The van der Waals surface area contributed by atoms with Crippen molar-refractivity contribution in [1.29, 1.82) is 0 Å². The average molecular weight is 305 g/mol. The lowest BCUT2D eigenvalue weighted by molar-refractivity contribution is -0.137. The number of halogens is 4. The van der Waals surface area contributed by atoms with Crippen LogP contribution >= 0.6 is 0 Å². The van der Waals surface area contributed by atoms with Gasteiger partial charge in [-0.05, 0) is 44.0 Å². The molecule has 0 amide bonds. The maximum atomic E-state index is 13.7. The Morgan fingerprint density at radius 2 is 2.00 bits per heavy atom. The van der Waals surface area contributed by atoms with E-state index in [-0.39, 0.29) is 24.1 Å². The summed E-state index contributed by atoms with van der Waals surface area (Å²) in [6.07, 6.45) is -2.22. The van der Waals surface area contributed by atoms with E-state index in [0.717, 1.165) is 37.5 Å². The van der Waals surface area contributed by atoms with Gasteiger partial charge >= 0.3 is 6.18 Å². The van der Waals surface area contributed by atoms with Gasteiger partial charge in [0.05, 0.1) is 11.7 Å². The monoisotopic (exact) mass is 305 g/mol. The molecule has 1 aromatic carbocycles. The summed E-state index contributed by atoms with van der Waals surface area (Å²) in [6.45, 7) is 0.649. The van der Waals surface area contributed by atoms with Crippen LogP contribution in [0, 0.1) is 11.7 Å². The molecule has 0 aliphatic heterocycles. The SMILES string of the molecule is CN(Cc1cc(C(F)(F)F)ccc1F)C[C@@H]1CCC[C@H]1O. The van der Waals surface area contributed by atoms with E-state index in [9.17, 15) is 22.7 Å². The molecule has 0 saturated heterocycles. The number of rotatable bonds is 4. The van der Waals surface area contributed by atoms with Gasteiger partial charge in [0, 0.05) is 18.7 Å². The molecular formula is C15H19F4NO. The number of nitrogens with zero attached hydrogens (tertiary/aromatic N) is 1. The number of aliphatic hydroxyl groups excluding tert-OH is 1. The zero-order chi connectivity index (χ0) is 15.6. The van der Waals surface area contributed by atoms with Gasteiger partial charge in [0.1, 0.15) is 5.82 Å². The fourth-order valence-corrected chi connectivity index (χ4v) is 2.86. The molecule has 1 aliphatic rings. The summed E-state index contributed by atoms with van der Waals surface area (Å²) in [4.78, 5) is 1.76. The van der Waals surface area contributed by atoms with E-state index in [4.69, 9.17) is 0 Å². The standard InChI is InChI=1S/C15H19F4NO/c1-20(8-10-3-2-4-14(10)21)9-11-7-12(15(17,18)19)5-6-13(11)16/h5-7,10,14,21H,2-4,8-9H2,1H3/t10-,14+/m0/s1. The van der Waals surface area contributed by atoms with Crippen LogP contribution in [0.3, 0.4) is 0 Å². The van der Waals surface area contributed by atoms with Crippen LogP contribution in [0.5, 0.6) is 0 Å². The third-order valence-corrected chi connectivity index (χ3v) is 3.98. The summed E-state index contributed by atoms with van der Waals surface area (Å²) in [5, 5.41) is 9.76. The largest absolute Gasteiger partial charge is 0.416 e. The summed E-state index contributed by atoms with van der Waals surface area (Å²) in [6, 6.07) is 2.47. The van der Waals surface area contributed by atoms with Crippen molar-refractivity contribution in [2.24, 2.45) is 5.92 Å². The second-order valence-electron chi connectivity index (χ2n) is 5.76. The van der Waals surface area contributed by atoms with Crippen molar-refractivity contribution >= 4 is 0 Å². The van der Waals surface area contributed by atoms with Crippen LogP contribution in [-0.4, -0.2) is 29.7 Å². The summed E-state index contributed by atoms with van der Waals surface area (Å²) in [5.74, 6) is -0.523. The van der Waals surface area contributed by atoms with Crippen molar-refractivity contribution in [1.82, 2.24) is 4.90 Å². The molecule has 2 nitrogen and oxygen atoms in total. The average Bonchev–Trinajstić information content (AvgIpc) is 2.76. The predicted molar refractivity (Wildman–Crippen MR) is 71.1 cm³/mol. The summed E-state index contributed by atoms with van der Waals surface area (Å²) < 4.78 is 51.6. The number of alkyl halides is 3. The number of hydrogen-bond acceptors (Lipinski definition) is 2. The Hall–Kier alpha value is -1.14. The van der Waals surface area contributed by atoms with Crippen molar-refractivity contribution < 1.29 is 22.7 Å². The van der Waals surface area contributed by atoms with Gasteiger partial charge in [-0.2, -0.15) is 13.2 Å². The molecule has 1 N–H and O–H groups in total. The van der Waals surface area contributed by atoms with E-state index in [0.29, 0.717) is 6.54 Å². The first-order valence-corrected chi connectivity index (χ1v) is 6.99. The number of hydrogen-bond donors (Lipinski definition) is 1. The minimum Gasteiger partial charge on any atom is -0.393 e. The third kappa shape index (κ3) is 4.17. The third-order valence-electron chi connectivity index (χ3n) is 3.98. The highest BCUT2D eigenvalue weighted by Gasteiger charge is 2.31. The summed E-state index contributed by atoms with van der Waals surface area (Å²) in [5.41, 5.74) is -0.812. The molecule has 0 heterocycles. The maximum absolute atomic E-state index is 13.7. The van der Waals surface area contributed by atoms with Crippen molar-refractivity contribution in [2.75, 3.05) is 13.6 Å². The zero-order valence-electron chi connectivity index (χ0n) is 11.8. The van der Waals surface area contributed by atoms with Crippen LogP contribution in [0.4, 0.5) is 17.6 Å². The highest BCUT2D eigenvalue weighted by Crippen LogP contribution is 2.31. The summed E-state index contributed by atoms with van der Waals surface area (Å²) >= 11 is 0. The molecule has 2 atom stereocenters. The first-order valence-electron chi connectivity index (χ1n) is 6.99. The molecule has 0 radical (unpaired) electrons. The lowest BCUT2D eigenvalue weighted by Gasteiger charge is -2.23. The van der Waals surface area contributed by atoms with E-state index in [1.54, 1.807) is 11.9 Å². The lowest BCUT2D eigenvalue weighted by Crippen LogP contribution is -2.29. The molecule has 1 saturated carbocycles. The van der Waals surface area contributed by atoms with Gasteiger partial charge in [-0.15, -0.1) is 0 Å². The first-order chi connectivity index (χ1) is 9.77. The van der Waals surface area contributed by atoms with Crippen molar-refractivity contribution in [3.05, 3.63) is 35.1 Å². The Morgan fingerprint density at radius 3 is 2.57 bits per heavy atom. The maximum Gasteiger partial charge on any atom is 0.416 e. The second kappa shape index (κ2) is 6.32. The van der Waals surface area contributed by atoms with E-state index in [2.05, 4.69) is 0 Å². The van der Waals surface area contributed by atoms with E-state index in [1.165, 1.54) is 0 Å². The van der Waals surface area contributed by atoms with Crippen LogP contribution in [-0.2, 0) is 12.7 Å². The van der Waals surface area contributed by atoms with E-state index < -0.39 is 17.6 Å². The van der Waals surface area contributed by atoms with Crippen LogP contribution in [0.15, 0.2) is 18.2 Å². The Bertz CT molecular complexity index is 489. The minimum absolute atomic E-state index is 0.0276. The Labute approximate surface area is 121 Å². The van der Waals surface area contributed by atoms with Crippen LogP contribution in [0.1, 0.15) is 30.4 Å². The molecule has 0 spiro atoms. The van der Waals surface area contributed by atoms with Gasteiger partial charge in [0.2, 0.25) is 0 Å². The molecule has 1 fully saturated rings. The topological polar surface area (TPSA) is 23.5 Å². The molecule has 6 heteroatoms. The molecule has 0 aromatic heterocycles. The van der Waals surface area contributed by atoms with Crippen molar-refractivity contribution in [2.45, 2.75) is 38.1 Å². The Kier molecular flexibility index (Phi) is 4.88. The van der Waals surface area contributed by atoms with Gasteiger partial charge in [-0.1, -0.05) is 6.42 Å². The highest BCUT2D eigenvalue weighted by molar-refractivity contribution is 5.27. The fourth-order valence-electron chi connectivity index (χ4n) is 2.86. The molecule has 0 bridgehead atoms. The van der Waals surface area contributed by atoms with E-state index >= 15 is 0 Å². The van der Waals surface area contributed by atoms with Gasteiger partial charge < -0.3 is 10.0 Å². The second-order valence-corrected chi connectivity index (χ2v) is 5.76. The lowest BCUT2D eigenvalue weighted by atomic mass is 10.0. The first kappa shape index (κ1) is 16.2. The number of aliphatic hydroxyl groups is 1. The smallest absolute Gasteiger partial charge is 0.393 e. The molecule has 118 valence electrons.